The maximum atomic E-state index is 10.8. The Morgan fingerprint density at radius 1 is 0.435 bits per heavy atom. The maximum absolute atomic E-state index is 10.8. The standard InChI is InChI=1S/3C9H8O6.Al/c3*10-7(11)5-3-1-2-4-6(5)15-9(14)8(12)13;/h3*1-4,8,12-13H,(H,10,11);/q;;;+3/p-3. The molecule has 0 saturated carbocycles. The van der Waals surface area contributed by atoms with Crippen molar-refractivity contribution in [2.24, 2.45) is 0 Å². The molecule has 0 aliphatic carbocycles. The van der Waals surface area contributed by atoms with Crippen LogP contribution in [0.25, 0.3) is 0 Å². The molecule has 0 aromatic heterocycles. The van der Waals surface area contributed by atoms with Crippen molar-refractivity contribution in [1.82, 2.24) is 0 Å². The van der Waals surface area contributed by atoms with Crippen LogP contribution in [0.2, 0.25) is 0 Å². The number of hydrogen-bond donors (Lipinski definition) is 6. The summed E-state index contributed by atoms with van der Waals surface area (Å²) in [7, 11) is 0. The first-order chi connectivity index (χ1) is 21.1. The van der Waals surface area contributed by atoms with Crippen LogP contribution < -0.4 is 29.5 Å². The number of ether oxygens (including phenoxy) is 3. The molecule has 0 radical (unpaired) electrons. The summed E-state index contributed by atoms with van der Waals surface area (Å²) in [5, 5.41) is 82.2. The molecule has 3 aromatic carbocycles. The van der Waals surface area contributed by atoms with Crippen LogP contribution in [0, 0.1) is 0 Å². The Morgan fingerprint density at radius 2 is 0.630 bits per heavy atom. The van der Waals surface area contributed by atoms with E-state index < -0.39 is 54.7 Å². The van der Waals surface area contributed by atoms with Crippen molar-refractivity contribution in [3.05, 3.63) is 89.5 Å². The van der Waals surface area contributed by atoms with Crippen molar-refractivity contribution in [1.29, 1.82) is 0 Å². The fourth-order valence-electron chi connectivity index (χ4n) is 2.66. The fraction of sp³-hybridized carbons (Fsp3) is 0.111. The number of carbonyl (C=O) groups excluding carboxylic acids is 6. The first-order valence-electron chi connectivity index (χ1n) is 11.7. The van der Waals surface area contributed by atoms with Crippen molar-refractivity contribution >= 4 is 53.2 Å². The Kier molecular flexibility index (Phi) is 17.7. The van der Waals surface area contributed by atoms with E-state index >= 15 is 0 Å². The van der Waals surface area contributed by atoms with Crippen LogP contribution in [0.4, 0.5) is 0 Å². The second-order valence-corrected chi connectivity index (χ2v) is 7.74. The van der Waals surface area contributed by atoms with Gasteiger partial charge in [0, 0.05) is 16.7 Å². The molecule has 0 heterocycles. The van der Waals surface area contributed by atoms with E-state index in [9.17, 15) is 44.1 Å². The third-order valence-electron chi connectivity index (χ3n) is 4.59. The number of carbonyl (C=O) groups is 6. The van der Waals surface area contributed by atoms with E-state index in [1.165, 1.54) is 72.8 Å². The number of aliphatic hydroxyl groups excluding tert-OH is 3. The summed E-state index contributed by atoms with van der Waals surface area (Å²) < 4.78 is 13.2. The monoisotopic (exact) mass is 660 g/mol. The molecule has 0 unspecified atom stereocenters. The number of para-hydroxylation sites is 3. The molecule has 0 aliphatic rings. The first kappa shape index (κ1) is 40.8. The molecule has 240 valence electrons. The molecule has 0 fully saturated rings. The fourth-order valence-corrected chi connectivity index (χ4v) is 2.66. The third-order valence-corrected chi connectivity index (χ3v) is 4.59. The molecule has 0 atom stereocenters. The van der Waals surface area contributed by atoms with E-state index in [0.29, 0.717) is 0 Å². The van der Waals surface area contributed by atoms with Gasteiger partial charge in [-0.3, -0.25) is 0 Å². The number of esters is 3. The van der Waals surface area contributed by atoms with Crippen LogP contribution in [0.5, 0.6) is 17.2 Å². The average Bonchev–Trinajstić information content (AvgIpc) is 2.98. The van der Waals surface area contributed by atoms with Gasteiger partial charge in [0.15, 0.2) is 0 Å². The zero-order valence-corrected chi connectivity index (χ0v) is 24.0. The zero-order valence-electron chi connectivity index (χ0n) is 22.8. The molecular formula is C27H21AlO18. The van der Waals surface area contributed by atoms with Gasteiger partial charge in [-0.15, -0.1) is 0 Å². The predicted octanol–water partition coefficient (Wildman–Crippen LogP) is -5.58. The molecule has 0 amide bonds. The summed E-state index contributed by atoms with van der Waals surface area (Å²) in [6.45, 7) is 0. The Bertz CT molecular complexity index is 1340. The quantitative estimate of drug-likeness (QED) is 0.0539. The Morgan fingerprint density at radius 3 is 0.804 bits per heavy atom. The summed E-state index contributed by atoms with van der Waals surface area (Å²) in [6.07, 6.45) is -6.92. The van der Waals surface area contributed by atoms with Crippen LogP contribution in [-0.4, -0.2) is 103 Å². The van der Waals surface area contributed by atoms with E-state index in [1.54, 1.807) is 0 Å². The molecule has 0 saturated heterocycles. The van der Waals surface area contributed by atoms with Gasteiger partial charge in [-0.1, -0.05) is 36.4 Å². The minimum Gasteiger partial charge on any atom is -0.545 e. The van der Waals surface area contributed by atoms with Gasteiger partial charge in [0.05, 0.1) is 17.9 Å². The van der Waals surface area contributed by atoms with Crippen molar-refractivity contribution in [3.63, 3.8) is 0 Å². The van der Waals surface area contributed by atoms with E-state index in [2.05, 4.69) is 14.2 Å². The molecule has 0 spiro atoms. The van der Waals surface area contributed by atoms with Crippen LogP contribution in [0.15, 0.2) is 72.8 Å². The van der Waals surface area contributed by atoms with Gasteiger partial charge < -0.3 is 74.6 Å². The van der Waals surface area contributed by atoms with E-state index in [0.717, 1.165) is 0 Å². The van der Waals surface area contributed by atoms with Crippen molar-refractivity contribution in [3.8, 4) is 17.2 Å². The van der Waals surface area contributed by atoms with Crippen LogP contribution in [0.1, 0.15) is 31.1 Å². The van der Waals surface area contributed by atoms with Crippen molar-refractivity contribution in [2.45, 2.75) is 18.9 Å². The number of benzene rings is 3. The minimum atomic E-state index is -2.31. The average molecular weight is 660 g/mol. The molecule has 3 aromatic rings. The van der Waals surface area contributed by atoms with Gasteiger partial charge in [-0.25, -0.2) is 14.4 Å². The zero-order chi connectivity index (χ0) is 34.3. The molecule has 46 heavy (non-hydrogen) atoms. The number of aromatic carboxylic acids is 3. The molecule has 3 rings (SSSR count). The van der Waals surface area contributed by atoms with Crippen molar-refractivity contribution in [2.75, 3.05) is 0 Å². The summed E-state index contributed by atoms with van der Waals surface area (Å²) in [5.41, 5.74) is -1.02. The first-order valence-corrected chi connectivity index (χ1v) is 11.7. The topological polar surface area (TPSA) is 321 Å². The predicted molar refractivity (Wildman–Crippen MR) is 140 cm³/mol. The number of hydrogen-bond acceptors (Lipinski definition) is 18. The van der Waals surface area contributed by atoms with E-state index in [-0.39, 0.29) is 51.3 Å². The second kappa shape index (κ2) is 19.9. The maximum Gasteiger partial charge on any atom is 3.00 e. The molecular weight excluding hydrogens is 639 g/mol. The van der Waals surface area contributed by atoms with Crippen molar-refractivity contribution < 1.29 is 88.9 Å². The van der Waals surface area contributed by atoms with Gasteiger partial charge in [0.1, 0.15) is 17.2 Å². The smallest absolute Gasteiger partial charge is 0.545 e. The summed E-state index contributed by atoms with van der Waals surface area (Å²) >= 11 is 0. The van der Waals surface area contributed by atoms with E-state index in [1.807, 2.05) is 0 Å². The minimum absolute atomic E-state index is 0. The molecule has 19 heteroatoms. The normalized spacial score (nSPS) is 9.85. The number of aliphatic hydroxyl groups is 6. The SMILES string of the molecule is O=C([O-])c1ccccc1OC(=O)C(O)O.O=C([O-])c1ccccc1OC(=O)C(O)O.O=C([O-])c1ccccc1OC(=O)C(O)O.[Al+3]. The van der Waals surface area contributed by atoms with Gasteiger partial charge in [-0.05, 0) is 36.4 Å². The Labute approximate surface area is 267 Å². The van der Waals surface area contributed by atoms with Gasteiger partial charge in [-0.2, -0.15) is 0 Å². The van der Waals surface area contributed by atoms with Crippen LogP contribution in [-0.2, 0) is 14.4 Å². The molecule has 18 nitrogen and oxygen atoms in total. The van der Waals surface area contributed by atoms with Gasteiger partial charge in [0.2, 0.25) is 0 Å². The number of rotatable bonds is 9. The molecule has 0 aliphatic heterocycles. The van der Waals surface area contributed by atoms with Gasteiger partial charge in [0.25, 0.3) is 18.9 Å². The Balaban J connectivity index is 0.000000653. The second-order valence-electron chi connectivity index (χ2n) is 7.74. The Hall–Kier alpha value is -5.23. The number of carboxylic acids is 3. The summed E-state index contributed by atoms with van der Waals surface area (Å²) in [4.78, 5) is 63.9. The third kappa shape index (κ3) is 13.6. The van der Waals surface area contributed by atoms with Gasteiger partial charge >= 0.3 is 35.3 Å². The van der Waals surface area contributed by atoms with Crippen LogP contribution in [0.3, 0.4) is 0 Å². The summed E-state index contributed by atoms with van der Waals surface area (Å²) in [6, 6.07) is 15.6. The summed E-state index contributed by atoms with van der Waals surface area (Å²) in [5.74, 6) is -9.53. The molecule has 6 N–H and O–H groups in total. The van der Waals surface area contributed by atoms with E-state index in [4.69, 9.17) is 30.6 Å². The molecule has 0 bridgehead atoms. The van der Waals surface area contributed by atoms with Crippen LogP contribution >= 0.6 is 0 Å². The number of carboxylic acid groups (broad SMARTS) is 3. The largest absolute Gasteiger partial charge is 3.00 e.